The summed E-state index contributed by atoms with van der Waals surface area (Å²) in [6.45, 7) is 7.08. The van der Waals surface area contributed by atoms with Crippen molar-refractivity contribution in [1.29, 1.82) is 0 Å². The summed E-state index contributed by atoms with van der Waals surface area (Å²) in [4.78, 5) is 2.22. The fourth-order valence-electron chi connectivity index (χ4n) is 2.26. The van der Waals surface area contributed by atoms with Crippen LogP contribution in [-0.4, -0.2) is 12.8 Å². The molecule has 2 aromatic carbocycles. The molecule has 0 heterocycles. The zero-order valence-electron chi connectivity index (χ0n) is 12.1. The van der Waals surface area contributed by atoms with Crippen molar-refractivity contribution in [1.82, 2.24) is 0 Å². The maximum atomic E-state index is 6.07. The van der Waals surface area contributed by atoms with E-state index in [4.69, 9.17) is 16.3 Å². The van der Waals surface area contributed by atoms with Crippen molar-refractivity contribution in [2.24, 2.45) is 0 Å². The molecule has 0 aliphatic rings. The molecule has 0 saturated heterocycles. The molecule has 2 rings (SSSR count). The first-order chi connectivity index (χ1) is 9.61. The molecular formula is C17H20ClNO. The van der Waals surface area contributed by atoms with Gasteiger partial charge in [-0.2, -0.15) is 0 Å². The van der Waals surface area contributed by atoms with Gasteiger partial charge in [0.2, 0.25) is 0 Å². The van der Waals surface area contributed by atoms with Gasteiger partial charge in [-0.1, -0.05) is 29.8 Å². The first-order valence-electron chi connectivity index (χ1n) is 6.86. The molecule has 1 unspecified atom stereocenters. The monoisotopic (exact) mass is 289 g/mol. The van der Waals surface area contributed by atoms with Crippen LogP contribution in [0.25, 0.3) is 0 Å². The molecule has 2 aromatic rings. The van der Waals surface area contributed by atoms with Crippen molar-refractivity contribution >= 4 is 17.3 Å². The molecule has 0 aromatic heterocycles. The lowest BCUT2D eigenvalue weighted by atomic mass is 10.2. The Hall–Kier alpha value is -1.67. The van der Waals surface area contributed by atoms with E-state index in [1.807, 2.05) is 43.3 Å². The van der Waals surface area contributed by atoms with Gasteiger partial charge in [0.1, 0.15) is 5.75 Å². The van der Waals surface area contributed by atoms with Crippen LogP contribution in [-0.2, 0) is 0 Å². The summed E-state index contributed by atoms with van der Waals surface area (Å²) in [6, 6.07) is 16.0. The first-order valence-corrected chi connectivity index (χ1v) is 7.24. The van der Waals surface area contributed by atoms with Gasteiger partial charge in [0, 0.05) is 17.3 Å². The van der Waals surface area contributed by atoms with E-state index in [2.05, 4.69) is 30.9 Å². The summed E-state index contributed by atoms with van der Waals surface area (Å²) >= 11 is 5.97. The topological polar surface area (TPSA) is 12.5 Å². The summed E-state index contributed by atoms with van der Waals surface area (Å²) in [6.07, 6.45) is -0.0396. The fraction of sp³-hybridized carbons (Fsp3) is 0.294. The second-order valence-corrected chi connectivity index (χ2v) is 5.18. The van der Waals surface area contributed by atoms with E-state index in [1.54, 1.807) is 0 Å². The van der Waals surface area contributed by atoms with E-state index in [0.29, 0.717) is 0 Å². The van der Waals surface area contributed by atoms with E-state index < -0.39 is 0 Å². The van der Waals surface area contributed by atoms with Gasteiger partial charge in [-0.3, -0.25) is 0 Å². The average molecular weight is 290 g/mol. The van der Waals surface area contributed by atoms with Crippen LogP contribution < -0.4 is 9.64 Å². The van der Waals surface area contributed by atoms with Gasteiger partial charge in [-0.15, -0.1) is 0 Å². The van der Waals surface area contributed by atoms with Crippen LogP contribution in [0.3, 0.4) is 0 Å². The predicted octanol–water partition coefficient (Wildman–Crippen LogP) is 4.90. The molecule has 0 aliphatic heterocycles. The number of halogens is 1. The summed E-state index contributed by atoms with van der Waals surface area (Å²) in [5.74, 6) is 0.872. The number of nitrogens with zero attached hydrogens (tertiary/aromatic N) is 1. The molecule has 1 atom stereocenters. The molecule has 0 radical (unpaired) electrons. The third-order valence-electron chi connectivity index (χ3n) is 3.30. The zero-order chi connectivity index (χ0) is 14.5. The summed E-state index contributed by atoms with van der Waals surface area (Å²) in [7, 11) is 0. The lowest BCUT2D eigenvalue weighted by Crippen LogP contribution is -2.37. The Kier molecular flexibility index (Phi) is 4.91. The third kappa shape index (κ3) is 3.45. The van der Waals surface area contributed by atoms with Crippen molar-refractivity contribution in [3.8, 4) is 5.75 Å². The number of aryl methyl sites for hydroxylation is 1. The molecule has 0 saturated carbocycles. The van der Waals surface area contributed by atoms with E-state index in [-0.39, 0.29) is 6.23 Å². The van der Waals surface area contributed by atoms with Crippen LogP contribution in [0.5, 0.6) is 5.75 Å². The van der Waals surface area contributed by atoms with Crippen LogP contribution in [0.2, 0.25) is 5.02 Å². The lowest BCUT2D eigenvalue weighted by Gasteiger charge is -2.30. The first kappa shape index (κ1) is 14.7. The SMILES string of the molecule is CCN(c1ccccc1)C(C)Oc1ccc(Cl)cc1C. The third-order valence-corrected chi connectivity index (χ3v) is 3.54. The molecular weight excluding hydrogens is 270 g/mol. The molecule has 3 heteroatoms. The molecule has 0 aliphatic carbocycles. The Morgan fingerprint density at radius 3 is 2.45 bits per heavy atom. The summed E-state index contributed by atoms with van der Waals surface area (Å²) < 4.78 is 6.07. The van der Waals surface area contributed by atoms with E-state index in [9.17, 15) is 0 Å². The van der Waals surface area contributed by atoms with Crippen LogP contribution >= 0.6 is 11.6 Å². The highest BCUT2D eigenvalue weighted by Crippen LogP contribution is 2.25. The number of ether oxygens (including phenoxy) is 1. The molecule has 2 nitrogen and oxygen atoms in total. The molecule has 0 fully saturated rings. The smallest absolute Gasteiger partial charge is 0.169 e. The Labute approximate surface area is 125 Å². The van der Waals surface area contributed by atoms with Gasteiger partial charge in [0.25, 0.3) is 0 Å². The van der Waals surface area contributed by atoms with Gasteiger partial charge in [0.05, 0.1) is 0 Å². The number of benzene rings is 2. The highest BCUT2D eigenvalue weighted by molar-refractivity contribution is 6.30. The highest BCUT2D eigenvalue weighted by Gasteiger charge is 2.15. The number of hydrogen-bond donors (Lipinski definition) is 0. The number of rotatable bonds is 5. The second-order valence-electron chi connectivity index (χ2n) is 4.75. The normalized spacial score (nSPS) is 12.0. The highest BCUT2D eigenvalue weighted by atomic mass is 35.5. The average Bonchev–Trinajstić information content (AvgIpc) is 2.44. The van der Waals surface area contributed by atoms with E-state index >= 15 is 0 Å². The maximum absolute atomic E-state index is 6.07. The van der Waals surface area contributed by atoms with Crippen molar-refractivity contribution in [3.63, 3.8) is 0 Å². The van der Waals surface area contributed by atoms with E-state index in [1.165, 1.54) is 0 Å². The molecule has 0 bridgehead atoms. The van der Waals surface area contributed by atoms with Crippen LogP contribution in [0.4, 0.5) is 5.69 Å². The summed E-state index contributed by atoms with van der Waals surface area (Å²) in [5, 5.41) is 0.734. The quantitative estimate of drug-likeness (QED) is 0.726. The molecule has 106 valence electrons. The Bertz CT molecular complexity index is 556. The minimum atomic E-state index is -0.0396. The fourth-order valence-corrected chi connectivity index (χ4v) is 2.49. The van der Waals surface area contributed by atoms with Crippen molar-refractivity contribution in [3.05, 3.63) is 59.1 Å². The lowest BCUT2D eigenvalue weighted by molar-refractivity contribution is 0.215. The molecule has 20 heavy (non-hydrogen) atoms. The minimum Gasteiger partial charge on any atom is -0.471 e. The van der Waals surface area contributed by atoms with Gasteiger partial charge in [0.15, 0.2) is 6.23 Å². The Morgan fingerprint density at radius 1 is 1.15 bits per heavy atom. The van der Waals surface area contributed by atoms with Crippen molar-refractivity contribution < 1.29 is 4.74 Å². The van der Waals surface area contributed by atoms with E-state index in [0.717, 1.165) is 28.6 Å². The largest absolute Gasteiger partial charge is 0.471 e. The standard InChI is InChI=1S/C17H20ClNO/c1-4-19(16-8-6-5-7-9-16)14(3)20-17-11-10-15(18)12-13(17)2/h5-12,14H,4H2,1-3H3. The Balaban J connectivity index is 2.15. The second kappa shape index (κ2) is 6.67. The van der Waals surface area contributed by atoms with Crippen LogP contribution in [0.1, 0.15) is 19.4 Å². The van der Waals surface area contributed by atoms with Gasteiger partial charge in [-0.05, 0) is 56.7 Å². The number of hydrogen-bond acceptors (Lipinski definition) is 2. The summed E-state index contributed by atoms with van der Waals surface area (Å²) in [5.41, 5.74) is 2.21. The number of para-hydroxylation sites is 1. The van der Waals surface area contributed by atoms with Gasteiger partial charge < -0.3 is 9.64 Å². The zero-order valence-corrected chi connectivity index (χ0v) is 12.9. The molecule has 0 spiro atoms. The van der Waals surface area contributed by atoms with Crippen molar-refractivity contribution in [2.45, 2.75) is 27.0 Å². The molecule has 0 amide bonds. The van der Waals surface area contributed by atoms with Gasteiger partial charge >= 0.3 is 0 Å². The predicted molar refractivity (Wildman–Crippen MR) is 85.7 cm³/mol. The number of anilines is 1. The van der Waals surface area contributed by atoms with Crippen LogP contribution in [0.15, 0.2) is 48.5 Å². The maximum Gasteiger partial charge on any atom is 0.169 e. The van der Waals surface area contributed by atoms with Gasteiger partial charge in [-0.25, -0.2) is 0 Å². The van der Waals surface area contributed by atoms with Crippen molar-refractivity contribution in [2.75, 3.05) is 11.4 Å². The minimum absolute atomic E-state index is 0.0396. The molecule has 0 N–H and O–H groups in total. The van der Waals surface area contributed by atoms with Crippen LogP contribution in [0, 0.1) is 6.92 Å². The Morgan fingerprint density at radius 2 is 1.85 bits per heavy atom.